The Morgan fingerprint density at radius 2 is 2.15 bits per heavy atom. The second-order valence-electron chi connectivity index (χ2n) is 5.49. The highest BCUT2D eigenvalue weighted by molar-refractivity contribution is 5.77. The number of methoxy groups -OCH3 is 1. The van der Waals surface area contributed by atoms with Gasteiger partial charge in [0.25, 0.3) is 0 Å². The minimum Gasteiger partial charge on any atom is -0.497 e. The van der Waals surface area contributed by atoms with Gasteiger partial charge in [0.15, 0.2) is 0 Å². The van der Waals surface area contributed by atoms with Crippen LogP contribution in [0.2, 0.25) is 0 Å². The van der Waals surface area contributed by atoms with Crippen molar-refractivity contribution in [2.75, 3.05) is 7.11 Å². The van der Waals surface area contributed by atoms with Gasteiger partial charge in [0.1, 0.15) is 11.6 Å². The Kier molecular flexibility index (Phi) is 3.92. The molecular weight excluding hydrogens is 250 g/mol. The number of rotatable bonds is 5. The molecule has 0 radical (unpaired) electrons. The molecular formula is C16H23N3O. The first-order valence-electron chi connectivity index (χ1n) is 7.58. The lowest BCUT2D eigenvalue weighted by Gasteiger charge is -2.12. The molecule has 0 atom stereocenters. The molecule has 1 N–H and O–H groups in total. The molecule has 0 saturated heterocycles. The number of ether oxygens (including phenoxy) is 1. The van der Waals surface area contributed by atoms with E-state index < -0.39 is 0 Å². The van der Waals surface area contributed by atoms with Crippen LogP contribution >= 0.6 is 0 Å². The lowest BCUT2D eigenvalue weighted by Crippen LogP contribution is -2.26. The maximum atomic E-state index is 5.28. The minimum atomic E-state index is 0.676. The number of imidazole rings is 1. The van der Waals surface area contributed by atoms with Crippen molar-refractivity contribution in [3.05, 3.63) is 24.0 Å². The number of aromatic nitrogens is 2. The van der Waals surface area contributed by atoms with E-state index in [1.165, 1.54) is 31.2 Å². The van der Waals surface area contributed by atoms with Crippen molar-refractivity contribution in [1.29, 1.82) is 0 Å². The number of hydrogen-bond acceptors (Lipinski definition) is 3. The Morgan fingerprint density at radius 3 is 2.85 bits per heavy atom. The Labute approximate surface area is 120 Å². The zero-order chi connectivity index (χ0) is 13.9. The van der Waals surface area contributed by atoms with E-state index in [-0.39, 0.29) is 0 Å². The number of aryl methyl sites for hydroxylation is 1. The maximum absolute atomic E-state index is 5.28. The van der Waals surface area contributed by atoms with Gasteiger partial charge in [0.2, 0.25) is 0 Å². The lowest BCUT2D eigenvalue weighted by atomic mass is 10.2. The molecule has 1 aliphatic carbocycles. The third-order valence-electron chi connectivity index (χ3n) is 4.25. The van der Waals surface area contributed by atoms with Gasteiger partial charge in [-0.25, -0.2) is 4.98 Å². The molecule has 1 heterocycles. The highest BCUT2D eigenvalue weighted by Gasteiger charge is 2.16. The number of hydrogen-bond donors (Lipinski definition) is 1. The zero-order valence-electron chi connectivity index (χ0n) is 12.4. The summed E-state index contributed by atoms with van der Waals surface area (Å²) in [6.45, 7) is 3.98. The first kappa shape index (κ1) is 13.4. The van der Waals surface area contributed by atoms with Gasteiger partial charge in [0, 0.05) is 18.7 Å². The van der Waals surface area contributed by atoms with Crippen LogP contribution in [0.25, 0.3) is 11.0 Å². The fourth-order valence-electron chi connectivity index (χ4n) is 3.14. The van der Waals surface area contributed by atoms with Crippen LogP contribution in [0.4, 0.5) is 0 Å². The van der Waals surface area contributed by atoms with Crippen molar-refractivity contribution in [2.45, 2.75) is 51.7 Å². The van der Waals surface area contributed by atoms with Crippen molar-refractivity contribution in [1.82, 2.24) is 14.9 Å². The molecule has 108 valence electrons. The zero-order valence-corrected chi connectivity index (χ0v) is 12.4. The fourth-order valence-corrected chi connectivity index (χ4v) is 3.14. The van der Waals surface area contributed by atoms with Crippen LogP contribution in [0, 0.1) is 0 Å². The monoisotopic (exact) mass is 273 g/mol. The SMILES string of the molecule is CCn1c(CNC2CCCC2)nc2cc(OC)ccc21. The van der Waals surface area contributed by atoms with Crippen LogP contribution in [0.15, 0.2) is 18.2 Å². The predicted octanol–water partition coefficient (Wildman–Crippen LogP) is 3.10. The molecule has 0 amide bonds. The molecule has 1 aliphatic rings. The smallest absolute Gasteiger partial charge is 0.123 e. The molecule has 4 heteroatoms. The Morgan fingerprint density at radius 1 is 1.35 bits per heavy atom. The molecule has 1 aromatic carbocycles. The van der Waals surface area contributed by atoms with E-state index in [0.29, 0.717) is 6.04 Å². The summed E-state index contributed by atoms with van der Waals surface area (Å²) in [6, 6.07) is 6.80. The minimum absolute atomic E-state index is 0.676. The summed E-state index contributed by atoms with van der Waals surface area (Å²) in [5, 5.41) is 3.65. The van der Waals surface area contributed by atoms with Crippen molar-refractivity contribution in [3.8, 4) is 5.75 Å². The van der Waals surface area contributed by atoms with Crippen LogP contribution < -0.4 is 10.1 Å². The second-order valence-corrected chi connectivity index (χ2v) is 5.49. The molecule has 1 fully saturated rings. The van der Waals surface area contributed by atoms with Crippen LogP contribution in [0.5, 0.6) is 5.75 Å². The van der Waals surface area contributed by atoms with Crippen molar-refractivity contribution in [3.63, 3.8) is 0 Å². The molecule has 3 rings (SSSR count). The fraction of sp³-hybridized carbons (Fsp3) is 0.562. The van der Waals surface area contributed by atoms with Crippen molar-refractivity contribution < 1.29 is 4.74 Å². The molecule has 1 aromatic heterocycles. The summed E-state index contributed by atoms with van der Waals surface area (Å²) in [7, 11) is 1.69. The van der Waals surface area contributed by atoms with Crippen molar-refractivity contribution in [2.24, 2.45) is 0 Å². The average molecular weight is 273 g/mol. The molecule has 20 heavy (non-hydrogen) atoms. The first-order chi connectivity index (χ1) is 9.81. The first-order valence-corrected chi connectivity index (χ1v) is 7.58. The van der Waals surface area contributed by atoms with Gasteiger partial charge in [-0.3, -0.25) is 0 Å². The Balaban J connectivity index is 1.84. The van der Waals surface area contributed by atoms with E-state index in [1.807, 2.05) is 12.1 Å². The van der Waals surface area contributed by atoms with Crippen LogP contribution in [0.1, 0.15) is 38.4 Å². The van der Waals surface area contributed by atoms with Crippen LogP contribution in [0.3, 0.4) is 0 Å². The number of fused-ring (bicyclic) bond motifs is 1. The third kappa shape index (κ3) is 2.52. The Bertz CT molecular complexity index is 585. The molecule has 0 bridgehead atoms. The summed E-state index contributed by atoms with van der Waals surface area (Å²) < 4.78 is 7.57. The van der Waals surface area contributed by atoms with Gasteiger partial charge in [-0.15, -0.1) is 0 Å². The number of nitrogens with one attached hydrogen (secondary N) is 1. The maximum Gasteiger partial charge on any atom is 0.123 e. The molecule has 4 nitrogen and oxygen atoms in total. The van der Waals surface area contributed by atoms with Gasteiger partial charge in [-0.05, 0) is 31.9 Å². The van der Waals surface area contributed by atoms with Gasteiger partial charge in [0.05, 0.1) is 24.7 Å². The van der Waals surface area contributed by atoms with Gasteiger partial charge in [-0.2, -0.15) is 0 Å². The summed E-state index contributed by atoms with van der Waals surface area (Å²) in [5.41, 5.74) is 2.21. The topological polar surface area (TPSA) is 39.1 Å². The van der Waals surface area contributed by atoms with E-state index in [2.05, 4.69) is 22.9 Å². The van der Waals surface area contributed by atoms with Crippen LogP contribution in [-0.4, -0.2) is 22.7 Å². The highest BCUT2D eigenvalue weighted by Crippen LogP contribution is 2.23. The van der Waals surface area contributed by atoms with Crippen molar-refractivity contribution >= 4 is 11.0 Å². The quantitative estimate of drug-likeness (QED) is 0.910. The number of nitrogens with zero attached hydrogens (tertiary/aromatic N) is 2. The average Bonchev–Trinajstić information content (AvgIpc) is 3.10. The molecule has 0 unspecified atom stereocenters. The normalized spacial score (nSPS) is 16.1. The number of benzene rings is 1. The van der Waals surface area contributed by atoms with E-state index in [4.69, 9.17) is 9.72 Å². The van der Waals surface area contributed by atoms with E-state index in [0.717, 1.165) is 30.2 Å². The molecule has 1 saturated carbocycles. The van der Waals surface area contributed by atoms with Gasteiger partial charge in [-0.1, -0.05) is 12.8 Å². The molecule has 2 aromatic rings. The summed E-state index contributed by atoms with van der Waals surface area (Å²) in [5.74, 6) is 2.00. The standard InChI is InChI=1S/C16H23N3O/c1-3-19-15-9-8-13(20-2)10-14(15)18-16(19)11-17-12-6-4-5-7-12/h8-10,12,17H,3-7,11H2,1-2H3. The Hall–Kier alpha value is -1.55. The highest BCUT2D eigenvalue weighted by atomic mass is 16.5. The molecule has 0 spiro atoms. The second kappa shape index (κ2) is 5.83. The predicted molar refractivity (Wildman–Crippen MR) is 81.1 cm³/mol. The van der Waals surface area contributed by atoms with E-state index >= 15 is 0 Å². The van der Waals surface area contributed by atoms with Gasteiger partial charge < -0.3 is 14.6 Å². The summed E-state index contributed by atoms with van der Waals surface area (Å²) in [4.78, 5) is 4.77. The molecule has 0 aliphatic heterocycles. The largest absolute Gasteiger partial charge is 0.497 e. The van der Waals surface area contributed by atoms with E-state index in [9.17, 15) is 0 Å². The van der Waals surface area contributed by atoms with E-state index in [1.54, 1.807) is 7.11 Å². The lowest BCUT2D eigenvalue weighted by molar-refractivity contribution is 0.415. The van der Waals surface area contributed by atoms with Gasteiger partial charge >= 0.3 is 0 Å². The van der Waals surface area contributed by atoms with Crippen LogP contribution in [-0.2, 0) is 13.1 Å². The summed E-state index contributed by atoms with van der Waals surface area (Å²) in [6.07, 6.45) is 5.33. The summed E-state index contributed by atoms with van der Waals surface area (Å²) >= 11 is 0. The third-order valence-corrected chi connectivity index (χ3v) is 4.25.